The van der Waals surface area contributed by atoms with E-state index < -0.39 is 0 Å². The Bertz CT molecular complexity index is 249. The average molecular weight is 255 g/mol. The van der Waals surface area contributed by atoms with Crippen LogP contribution in [-0.4, -0.2) is 72.9 Å². The molecule has 18 heavy (non-hydrogen) atoms. The zero-order chi connectivity index (χ0) is 13.0. The Morgan fingerprint density at radius 3 is 2.61 bits per heavy atom. The third-order valence-corrected chi connectivity index (χ3v) is 4.84. The van der Waals surface area contributed by atoms with Gasteiger partial charge in [0.1, 0.15) is 0 Å². The van der Waals surface area contributed by atoms with Crippen molar-refractivity contribution in [1.29, 1.82) is 0 Å². The maximum absolute atomic E-state index is 9.39. The van der Waals surface area contributed by atoms with Crippen LogP contribution in [0, 0.1) is 0 Å². The largest absolute Gasteiger partial charge is 0.394 e. The summed E-state index contributed by atoms with van der Waals surface area (Å²) in [7, 11) is 1.94. The lowest BCUT2D eigenvalue weighted by molar-refractivity contribution is 0.155. The highest BCUT2D eigenvalue weighted by Gasteiger charge is 2.30. The van der Waals surface area contributed by atoms with E-state index in [0.29, 0.717) is 0 Å². The van der Waals surface area contributed by atoms with Gasteiger partial charge in [0.2, 0.25) is 0 Å². The number of aliphatic hydroxyl groups is 1. The van der Waals surface area contributed by atoms with Crippen LogP contribution in [0.4, 0.5) is 0 Å². The quantitative estimate of drug-likeness (QED) is 0.726. The normalized spacial score (nSPS) is 29.8. The molecule has 0 bridgehead atoms. The van der Waals surface area contributed by atoms with E-state index in [4.69, 9.17) is 0 Å². The molecule has 0 aliphatic carbocycles. The molecular formula is C14H29N3O. The van der Waals surface area contributed by atoms with Gasteiger partial charge in [0, 0.05) is 24.7 Å². The second kappa shape index (κ2) is 6.33. The van der Waals surface area contributed by atoms with E-state index in [-0.39, 0.29) is 12.1 Å². The molecule has 0 amide bonds. The summed E-state index contributed by atoms with van der Waals surface area (Å²) in [4.78, 5) is 5.23. The molecule has 4 heteroatoms. The van der Waals surface area contributed by atoms with Crippen LogP contribution in [-0.2, 0) is 0 Å². The molecule has 2 N–H and O–H groups in total. The summed E-state index contributed by atoms with van der Waals surface area (Å²) in [6.45, 7) is 8.49. The Kier molecular flexibility index (Phi) is 5.01. The van der Waals surface area contributed by atoms with E-state index in [9.17, 15) is 5.11 Å². The summed E-state index contributed by atoms with van der Waals surface area (Å²) < 4.78 is 0. The molecule has 2 rings (SSSR count). The zero-order valence-corrected chi connectivity index (χ0v) is 12.0. The van der Waals surface area contributed by atoms with Crippen molar-refractivity contribution in [2.45, 2.75) is 44.2 Å². The van der Waals surface area contributed by atoms with E-state index in [1.54, 1.807) is 0 Å². The van der Waals surface area contributed by atoms with Crippen molar-refractivity contribution >= 4 is 0 Å². The van der Waals surface area contributed by atoms with E-state index in [2.05, 4.69) is 22.0 Å². The molecule has 0 spiro atoms. The van der Waals surface area contributed by atoms with Crippen LogP contribution >= 0.6 is 0 Å². The van der Waals surface area contributed by atoms with Crippen LogP contribution in [0.5, 0.6) is 0 Å². The van der Waals surface area contributed by atoms with Gasteiger partial charge in [0.05, 0.1) is 6.61 Å². The smallest absolute Gasteiger partial charge is 0.0610 e. The number of hydrogen-bond donors (Lipinski definition) is 2. The number of aliphatic hydroxyl groups excluding tert-OH is 1. The second-order valence-corrected chi connectivity index (χ2v) is 6.20. The number of rotatable bonds is 6. The van der Waals surface area contributed by atoms with Gasteiger partial charge < -0.3 is 15.3 Å². The minimum absolute atomic E-state index is 0.119. The topological polar surface area (TPSA) is 38.7 Å². The number of hydrogen-bond acceptors (Lipinski definition) is 4. The number of likely N-dealkylation sites (tertiary alicyclic amines) is 2. The van der Waals surface area contributed by atoms with Gasteiger partial charge in [0.15, 0.2) is 0 Å². The molecule has 2 fully saturated rings. The molecule has 0 aromatic carbocycles. The first-order chi connectivity index (χ1) is 8.67. The molecule has 2 atom stereocenters. The number of likely N-dealkylation sites (N-methyl/N-ethyl adjacent to an activating group) is 1. The van der Waals surface area contributed by atoms with Crippen LogP contribution in [0.1, 0.15) is 32.6 Å². The first-order valence-corrected chi connectivity index (χ1v) is 7.43. The molecule has 106 valence electrons. The maximum atomic E-state index is 9.39. The van der Waals surface area contributed by atoms with Crippen molar-refractivity contribution in [3.05, 3.63) is 0 Å². The molecule has 0 saturated carbocycles. The van der Waals surface area contributed by atoms with Crippen molar-refractivity contribution in [2.24, 2.45) is 0 Å². The highest BCUT2D eigenvalue weighted by atomic mass is 16.3. The number of nitrogens with zero attached hydrogens (tertiary/aromatic N) is 2. The lowest BCUT2D eigenvalue weighted by Crippen LogP contribution is -2.46. The summed E-state index contributed by atoms with van der Waals surface area (Å²) in [5, 5.41) is 12.6. The molecule has 2 heterocycles. The standard InChI is InChI=1S/C14H29N3O/c1-14(12-18,15-2)6-10-16-9-5-13(11-16)17-7-3-4-8-17/h13,15,18H,3-12H2,1-2H3. The van der Waals surface area contributed by atoms with E-state index >= 15 is 0 Å². The van der Waals surface area contributed by atoms with Crippen molar-refractivity contribution < 1.29 is 5.11 Å². The average Bonchev–Trinajstić information content (AvgIpc) is 3.06. The van der Waals surface area contributed by atoms with Crippen LogP contribution in [0.2, 0.25) is 0 Å². The summed E-state index contributed by atoms with van der Waals surface area (Å²) in [6, 6.07) is 0.794. The predicted molar refractivity (Wildman–Crippen MR) is 74.8 cm³/mol. The highest BCUT2D eigenvalue weighted by Crippen LogP contribution is 2.21. The van der Waals surface area contributed by atoms with Crippen molar-refractivity contribution in [2.75, 3.05) is 46.4 Å². The first-order valence-electron chi connectivity index (χ1n) is 7.43. The fourth-order valence-corrected chi connectivity index (χ4v) is 3.11. The molecule has 4 nitrogen and oxygen atoms in total. The third-order valence-electron chi connectivity index (χ3n) is 4.84. The lowest BCUT2D eigenvalue weighted by atomic mass is 9.99. The molecule has 0 aromatic heterocycles. The molecule has 2 aliphatic rings. The predicted octanol–water partition coefficient (Wildman–Crippen LogP) is 0.517. The van der Waals surface area contributed by atoms with Gasteiger partial charge >= 0.3 is 0 Å². The Labute approximate surface area is 111 Å². The SMILES string of the molecule is CNC(C)(CO)CCN1CCC(N2CCCC2)C1. The fraction of sp³-hybridized carbons (Fsp3) is 1.00. The molecule has 2 unspecified atom stereocenters. The maximum Gasteiger partial charge on any atom is 0.0610 e. The minimum atomic E-state index is -0.119. The third kappa shape index (κ3) is 3.44. The van der Waals surface area contributed by atoms with Gasteiger partial charge in [-0.05, 0) is 59.3 Å². The highest BCUT2D eigenvalue weighted by molar-refractivity contribution is 4.88. The summed E-state index contributed by atoms with van der Waals surface area (Å²) >= 11 is 0. The van der Waals surface area contributed by atoms with E-state index in [1.165, 1.54) is 45.4 Å². The molecule has 0 aromatic rings. The van der Waals surface area contributed by atoms with Gasteiger partial charge in [-0.25, -0.2) is 0 Å². The van der Waals surface area contributed by atoms with Gasteiger partial charge in [-0.1, -0.05) is 0 Å². The first kappa shape index (κ1) is 14.3. The van der Waals surface area contributed by atoms with Crippen LogP contribution in [0.25, 0.3) is 0 Å². The molecule has 2 aliphatic heterocycles. The summed E-state index contributed by atoms with van der Waals surface area (Å²) in [5.41, 5.74) is -0.119. The Balaban J connectivity index is 1.72. The van der Waals surface area contributed by atoms with Gasteiger partial charge in [-0.2, -0.15) is 0 Å². The minimum Gasteiger partial charge on any atom is -0.394 e. The van der Waals surface area contributed by atoms with Crippen molar-refractivity contribution in [3.63, 3.8) is 0 Å². The van der Waals surface area contributed by atoms with E-state index in [1.807, 2.05) is 7.05 Å². The van der Waals surface area contributed by atoms with Crippen LogP contribution < -0.4 is 5.32 Å². The van der Waals surface area contributed by atoms with Crippen LogP contribution in [0.3, 0.4) is 0 Å². The second-order valence-electron chi connectivity index (χ2n) is 6.20. The van der Waals surface area contributed by atoms with Crippen molar-refractivity contribution in [3.8, 4) is 0 Å². The molecular weight excluding hydrogens is 226 g/mol. The Morgan fingerprint density at radius 2 is 2.00 bits per heavy atom. The Morgan fingerprint density at radius 1 is 1.28 bits per heavy atom. The van der Waals surface area contributed by atoms with Gasteiger partial charge in [-0.3, -0.25) is 4.90 Å². The fourth-order valence-electron chi connectivity index (χ4n) is 3.11. The monoisotopic (exact) mass is 255 g/mol. The van der Waals surface area contributed by atoms with E-state index in [0.717, 1.165) is 19.0 Å². The summed E-state index contributed by atoms with van der Waals surface area (Å²) in [5.74, 6) is 0. The Hall–Kier alpha value is -0.160. The van der Waals surface area contributed by atoms with Gasteiger partial charge in [0.25, 0.3) is 0 Å². The zero-order valence-electron chi connectivity index (χ0n) is 12.0. The number of nitrogens with one attached hydrogen (secondary N) is 1. The van der Waals surface area contributed by atoms with Crippen LogP contribution in [0.15, 0.2) is 0 Å². The lowest BCUT2D eigenvalue weighted by Gasteiger charge is -2.29. The molecule has 2 saturated heterocycles. The molecule has 0 radical (unpaired) electrons. The summed E-state index contributed by atoms with van der Waals surface area (Å²) in [6.07, 6.45) is 5.12. The van der Waals surface area contributed by atoms with Gasteiger partial charge in [-0.15, -0.1) is 0 Å². The van der Waals surface area contributed by atoms with Crippen molar-refractivity contribution in [1.82, 2.24) is 15.1 Å².